The number of hydrogen-bond acceptors (Lipinski definition) is 3. The Kier molecular flexibility index (Phi) is 3.37. The Bertz CT molecular complexity index is 512. The van der Waals surface area contributed by atoms with E-state index in [4.69, 9.17) is 0 Å². The van der Waals surface area contributed by atoms with E-state index in [1.54, 1.807) is 19.2 Å². The molecular weight excluding hydrogens is 293 g/mol. The lowest BCUT2D eigenvalue weighted by molar-refractivity contribution is 0.203. The predicted octanol–water partition coefficient (Wildman–Crippen LogP) is 3.77. The van der Waals surface area contributed by atoms with E-state index in [2.05, 4.69) is 20.9 Å². The second kappa shape index (κ2) is 4.61. The van der Waals surface area contributed by atoms with E-state index in [1.165, 1.54) is 23.5 Å². The van der Waals surface area contributed by atoms with E-state index in [0.717, 1.165) is 15.4 Å². The molecule has 0 amide bonds. The van der Waals surface area contributed by atoms with Gasteiger partial charge in [-0.1, -0.05) is 0 Å². The molecule has 2 aromatic rings. The van der Waals surface area contributed by atoms with Crippen LogP contribution in [0.4, 0.5) is 4.39 Å². The van der Waals surface area contributed by atoms with Gasteiger partial charge in [0.05, 0.1) is 11.0 Å². The summed E-state index contributed by atoms with van der Waals surface area (Å²) in [5.41, 5.74) is 0.832. The van der Waals surface area contributed by atoms with Crippen LogP contribution in [0.1, 0.15) is 17.9 Å². The van der Waals surface area contributed by atoms with Crippen molar-refractivity contribution in [2.45, 2.75) is 13.0 Å². The zero-order valence-electron chi connectivity index (χ0n) is 8.45. The molecule has 0 radical (unpaired) electrons. The number of nitrogens with zero attached hydrogens (tertiary/aromatic N) is 1. The fourth-order valence-electron chi connectivity index (χ4n) is 1.27. The minimum Gasteiger partial charge on any atom is -0.388 e. The molecule has 0 bridgehead atoms. The Balaban J connectivity index is 2.42. The van der Waals surface area contributed by atoms with Gasteiger partial charge in [-0.25, -0.2) is 9.37 Å². The van der Waals surface area contributed by atoms with Crippen molar-refractivity contribution in [2.75, 3.05) is 0 Å². The third kappa shape index (κ3) is 2.31. The first-order valence-electron chi connectivity index (χ1n) is 4.67. The summed E-state index contributed by atoms with van der Waals surface area (Å²) in [7, 11) is 0. The lowest BCUT2D eigenvalue weighted by Crippen LogP contribution is -1.83. The smallest absolute Gasteiger partial charge is 0.124 e. The SMILES string of the molecule is CC(O)c1cnc(-c2ccc(F)cc2Br)s1. The van der Waals surface area contributed by atoms with Crippen LogP contribution in [0.15, 0.2) is 28.9 Å². The van der Waals surface area contributed by atoms with E-state index < -0.39 is 6.10 Å². The molecule has 0 saturated carbocycles. The highest BCUT2D eigenvalue weighted by molar-refractivity contribution is 9.10. The van der Waals surface area contributed by atoms with Gasteiger partial charge in [-0.05, 0) is 41.1 Å². The molecule has 5 heteroatoms. The Hall–Kier alpha value is -0.780. The average molecular weight is 302 g/mol. The number of aliphatic hydroxyl groups excluding tert-OH is 1. The highest BCUT2D eigenvalue weighted by Gasteiger charge is 2.11. The Morgan fingerprint density at radius 3 is 2.81 bits per heavy atom. The normalized spacial score (nSPS) is 12.8. The van der Waals surface area contributed by atoms with E-state index in [1.807, 2.05) is 0 Å². The van der Waals surface area contributed by atoms with E-state index in [9.17, 15) is 9.50 Å². The molecular formula is C11H9BrFNOS. The monoisotopic (exact) mass is 301 g/mol. The topological polar surface area (TPSA) is 33.1 Å². The van der Waals surface area contributed by atoms with Gasteiger partial charge in [-0.3, -0.25) is 0 Å². The van der Waals surface area contributed by atoms with Crippen molar-refractivity contribution in [2.24, 2.45) is 0 Å². The fraction of sp³-hybridized carbons (Fsp3) is 0.182. The fourth-order valence-corrected chi connectivity index (χ4v) is 2.83. The largest absolute Gasteiger partial charge is 0.388 e. The minimum atomic E-state index is -0.523. The Morgan fingerprint density at radius 2 is 2.25 bits per heavy atom. The molecule has 16 heavy (non-hydrogen) atoms. The minimum absolute atomic E-state index is 0.289. The first kappa shape index (κ1) is 11.7. The van der Waals surface area contributed by atoms with Crippen LogP contribution in [-0.2, 0) is 0 Å². The molecule has 0 saturated heterocycles. The number of thiazole rings is 1. The summed E-state index contributed by atoms with van der Waals surface area (Å²) in [5.74, 6) is -0.289. The molecule has 0 spiro atoms. The number of aliphatic hydroxyl groups is 1. The maximum absolute atomic E-state index is 12.9. The molecule has 1 atom stereocenters. The summed E-state index contributed by atoms with van der Waals surface area (Å²) in [6.45, 7) is 1.69. The molecule has 1 N–H and O–H groups in total. The van der Waals surface area contributed by atoms with Crippen LogP contribution >= 0.6 is 27.3 Å². The van der Waals surface area contributed by atoms with Crippen LogP contribution in [0.2, 0.25) is 0 Å². The van der Waals surface area contributed by atoms with E-state index in [0.29, 0.717) is 4.47 Å². The molecule has 1 unspecified atom stereocenters. The van der Waals surface area contributed by atoms with Crippen molar-refractivity contribution >= 4 is 27.3 Å². The van der Waals surface area contributed by atoms with Crippen molar-refractivity contribution < 1.29 is 9.50 Å². The zero-order valence-corrected chi connectivity index (χ0v) is 10.8. The van der Waals surface area contributed by atoms with Crippen molar-refractivity contribution in [3.8, 4) is 10.6 Å². The predicted molar refractivity (Wildman–Crippen MR) is 65.8 cm³/mol. The van der Waals surface area contributed by atoms with Crippen LogP contribution in [0, 0.1) is 5.82 Å². The summed E-state index contributed by atoms with van der Waals surface area (Å²) in [5, 5.41) is 10.2. The van der Waals surface area contributed by atoms with Gasteiger partial charge in [0.25, 0.3) is 0 Å². The molecule has 0 aliphatic rings. The standard InChI is InChI=1S/C11H9BrFNOS/c1-6(15)10-5-14-11(16-10)8-3-2-7(13)4-9(8)12/h2-6,15H,1H3. The summed E-state index contributed by atoms with van der Waals surface area (Å²) in [4.78, 5) is 5.00. The zero-order chi connectivity index (χ0) is 11.7. The highest BCUT2D eigenvalue weighted by atomic mass is 79.9. The molecule has 1 heterocycles. The van der Waals surface area contributed by atoms with Crippen LogP contribution in [0.25, 0.3) is 10.6 Å². The first-order chi connectivity index (χ1) is 7.58. The molecule has 0 aliphatic carbocycles. The van der Waals surface area contributed by atoms with Gasteiger partial charge >= 0.3 is 0 Å². The maximum Gasteiger partial charge on any atom is 0.124 e. The number of halogens is 2. The van der Waals surface area contributed by atoms with Crippen LogP contribution in [-0.4, -0.2) is 10.1 Å². The third-order valence-electron chi connectivity index (χ3n) is 2.10. The number of hydrogen-bond donors (Lipinski definition) is 1. The molecule has 1 aromatic heterocycles. The quantitative estimate of drug-likeness (QED) is 0.916. The lowest BCUT2D eigenvalue weighted by atomic mass is 10.2. The molecule has 0 aliphatic heterocycles. The van der Waals surface area contributed by atoms with Crippen molar-refractivity contribution in [1.29, 1.82) is 0 Å². The van der Waals surface area contributed by atoms with Gasteiger partial charge < -0.3 is 5.11 Å². The number of rotatable bonds is 2. The van der Waals surface area contributed by atoms with Gasteiger partial charge in [-0.15, -0.1) is 11.3 Å². The Morgan fingerprint density at radius 1 is 1.50 bits per heavy atom. The van der Waals surface area contributed by atoms with Gasteiger partial charge in [-0.2, -0.15) is 0 Å². The highest BCUT2D eigenvalue weighted by Crippen LogP contribution is 2.33. The molecule has 2 rings (SSSR count). The van der Waals surface area contributed by atoms with Gasteiger partial charge in [0.2, 0.25) is 0 Å². The summed E-state index contributed by atoms with van der Waals surface area (Å²) >= 11 is 4.69. The third-order valence-corrected chi connectivity index (χ3v) is 3.95. The second-order valence-electron chi connectivity index (χ2n) is 3.37. The summed E-state index contributed by atoms with van der Waals surface area (Å²) in [6, 6.07) is 4.46. The Labute approximate surface area is 105 Å². The van der Waals surface area contributed by atoms with Crippen molar-refractivity contribution in [3.63, 3.8) is 0 Å². The molecule has 0 fully saturated rings. The molecule has 1 aromatic carbocycles. The van der Waals surface area contributed by atoms with E-state index >= 15 is 0 Å². The average Bonchev–Trinajstić information content (AvgIpc) is 2.66. The molecule has 2 nitrogen and oxygen atoms in total. The van der Waals surface area contributed by atoms with Crippen LogP contribution in [0.5, 0.6) is 0 Å². The van der Waals surface area contributed by atoms with Gasteiger partial charge in [0.1, 0.15) is 10.8 Å². The number of aromatic nitrogens is 1. The molecule has 84 valence electrons. The van der Waals surface area contributed by atoms with Crippen molar-refractivity contribution in [1.82, 2.24) is 4.98 Å². The van der Waals surface area contributed by atoms with E-state index in [-0.39, 0.29) is 5.82 Å². The van der Waals surface area contributed by atoms with Crippen LogP contribution in [0.3, 0.4) is 0 Å². The maximum atomic E-state index is 12.9. The lowest BCUT2D eigenvalue weighted by Gasteiger charge is -2.00. The first-order valence-corrected chi connectivity index (χ1v) is 6.28. The van der Waals surface area contributed by atoms with Gasteiger partial charge in [0, 0.05) is 16.2 Å². The summed E-state index contributed by atoms with van der Waals surface area (Å²) in [6.07, 6.45) is 1.12. The van der Waals surface area contributed by atoms with Crippen molar-refractivity contribution in [3.05, 3.63) is 39.6 Å². The van der Waals surface area contributed by atoms with Crippen LogP contribution < -0.4 is 0 Å². The summed E-state index contributed by atoms with van der Waals surface area (Å²) < 4.78 is 13.6. The second-order valence-corrected chi connectivity index (χ2v) is 5.28. The van der Waals surface area contributed by atoms with Gasteiger partial charge in [0.15, 0.2) is 0 Å². The number of benzene rings is 1.